The molecule has 0 bridgehead atoms. The van der Waals surface area contributed by atoms with Crippen LogP contribution in [0.2, 0.25) is 0 Å². The Labute approximate surface area is 121 Å². The molecule has 0 spiro atoms. The number of carbonyl (C=O) groups is 1. The average molecular weight is 275 g/mol. The summed E-state index contributed by atoms with van der Waals surface area (Å²) in [4.78, 5) is 13.8. The molecule has 110 valence electrons. The van der Waals surface area contributed by atoms with Gasteiger partial charge in [0, 0.05) is 44.3 Å². The molecule has 1 aliphatic rings. The molecule has 1 aliphatic heterocycles. The molecule has 1 aromatic rings. The number of aryl methyl sites for hydroxylation is 1. The van der Waals surface area contributed by atoms with Crippen LogP contribution >= 0.6 is 0 Å². The van der Waals surface area contributed by atoms with Gasteiger partial charge in [0.25, 0.3) is 0 Å². The molecule has 20 heavy (non-hydrogen) atoms. The predicted molar refractivity (Wildman–Crippen MR) is 83.0 cm³/mol. The molecule has 2 rings (SSSR count). The zero-order valence-electron chi connectivity index (χ0n) is 12.7. The van der Waals surface area contributed by atoms with Crippen molar-refractivity contribution < 1.29 is 4.79 Å². The fourth-order valence-electron chi connectivity index (χ4n) is 2.49. The Morgan fingerprint density at radius 3 is 2.90 bits per heavy atom. The van der Waals surface area contributed by atoms with Gasteiger partial charge in [0.2, 0.25) is 5.91 Å². The van der Waals surface area contributed by atoms with E-state index in [2.05, 4.69) is 54.5 Å². The molecule has 1 heterocycles. The number of hydrogen-bond donors (Lipinski definition) is 2. The van der Waals surface area contributed by atoms with Gasteiger partial charge in [0.1, 0.15) is 0 Å². The second-order valence-electron chi connectivity index (χ2n) is 5.75. The van der Waals surface area contributed by atoms with Gasteiger partial charge >= 0.3 is 0 Å². The van der Waals surface area contributed by atoms with Crippen LogP contribution in [-0.4, -0.2) is 31.6 Å². The molecule has 1 fully saturated rings. The van der Waals surface area contributed by atoms with Crippen LogP contribution in [0.1, 0.15) is 31.4 Å². The smallest absolute Gasteiger partial charge is 0.221 e. The Balaban J connectivity index is 2.18. The number of anilines is 1. The van der Waals surface area contributed by atoms with Gasteiger partial charge in [-0.3, -0.25) is 4.79 Å². The molecular formula is C16H25N3O. The van der Waals surface area contributed by atoms with Crippen LogP contribution < -0.4 is 15.5 Å². The minimum atomic E-state index is 0.154. The maximum atomic E-state index is 11.5. The van der Waals surface area contributed by atoms with E-state index in [0.29, 0.717) is 12.5 Å². The van der Waals surface area contributed by atoms with Gasteiger partial charge < -0.3 is 15.5 Å². The van der Waals surface area contributed by atoms with E-state index in [1.165, 1.54) is 16.8 Å². The summed E-state index contributed by atoms with van der Waals surface area (Å²) in [5, 5.41) is 6.41. The molecule has 4 heteroatoms. The molecule has 4 nitrogen and oxygen atoms in total. The first kappa shape index (κ1) is 14.9. The highest BCUT2D eigenvalue weighted by Crippen LogP contribution is 2.23. The number of nitrogens with one attached hydrogen (secondary N) is 2. The highest BCUT2D eigenvalue weighted by atomic mass is 16.1. The van der Waals surface area contributed by atoms with Crippen LogP contribution in [-0.2, 0) is 11.3 Å². The van der Waals surface area contributed by atoms with E-state index in [-0.39, 0.29) is 5.91 Å². The Kier molecular flexibility index (Phi) is 5.01. The van der Waals surface area contributed by atoms with Gasteiger partial charge in [-0.05, 0) is 18.6 Å². The van der Waals surface area contributed by atoms with Crippen molar-refractivity contribution in [1.82, 2.24) is 10.6 Å². The number of nitrogens with zero attached hydrogens (tertiary/aromatic N) is 1. The fraction of sp³-hybridized carbons (Fsp3) is 0.562. The Hall–Kier alpha value is -1.55. The summed E-state index contributed by atoms with van der Waals surface area (Å²) in [5.74, 6) is 0.154. The van der Waals surface area contributed by atoms with Crippen molar-refractivity contribution >= 4 is 11.6 Å². The lowest BCUT2D eigenvalue weighted by Crippen LogP contribution is -2.30. The van der Waals surface area contributed by atoms with Crippen molar-refractivity contribution in [2.45, 2.75) is 39.8 Å². The molecule has 1 aromatic carbocycles. The highest BCUT2D eigenvalue weighted by Gasteiger charge is 2.16. The molecular weight excluding hydrogens is 250 g/mol. The van der Waals surface area contributed by atoms with Gasteiger partial charge in [-0.25, -0.2) is 0 Å². The highest BCUT2D eigenvalue weighted by molar-refractivity contribution is 5.77. The van der Waals surface area contributed by atoms with Crippen molar-refractivity contribution in [1.29, 1.82) is 0 Å². The summed E-state index contributed by atoms with van der Waals surface area (Å²) in [6.45, 7) is 9.70. The minimum absolute atomic E-state index is 0.154. The van der Waals surface area contributed by atoms with Crippen LogP contribution in [0.25, 0.3) is 0 Å². The minimum Gasteiger partial charge on any atom is -0.369 e. The van der Waals surface area contributed by atoms with Crippen LogP contribution in [0.15, 0.2) is 18.2 Å². The lowest BCUT2D eigenvalue weighted by atomic mass is 10.1. The summed E-state index contributed by atoms with van der Waals surface area (Å²) in [6.07, 6.45) is 0.574. The number of rotatable bonds is 4. The fourth-order valence-corrected chi connectivity index (χ4v) is 2.49. The van der Waals surface area contributed by atoms with Gasteiger partial charge in [0.05, 0.1) is 0 Å². The molecule has 0 saturated carbocycles. The first-order valence-electron chi connectivity index (χ1n) is 7.41. The van der Waals surface area contributed by atoms with Crippen LogP contribution in [0, 0.1) is 6.92 Å². The van der Waals surface area contributed by atoms with Gasteiger partial charge in [-0.15, -0.1) is 0 Å². The second kappa shape index (κ2) is 6.75. The molecule has 2 N–H and O–H groups in total. The molecule has 0 aromatic heterocycles. The Morgan fingerprint density at radius 2 is 2.15 bits per heavy atom. The quantitative estimate of drug-likeness (QED) is 0.881. The van der Waals surface area contributed by atoms with Crippen LogP contribution in [0.4, 0.5) is 5.69 Å². The third kappa shape index (κ3) is 3.97. The maximum absolute atomic E-state index is 11.5. The SMILES string of the molecule is Cc1ccc(N2CCNC(=O)CC2)c(CNC(C)C)c1. The zero-order valence-corrected chi connectivity index (χ0v) is 12.7. The first-order chi connectivity index (χ1) is 9.56. The zero-order chi connectivity index (χ0) is 14.5. The third-order valence-electron chi connectivity index (χ3n) is 3.59. The topological polar surface area (TPSA) is 44.4 Å². The van der Waals surface area contributed by atoms with Gasteiger partial charge in [-0.2, -0.15) is 0 Å². The summed E-state index contributed by atoms with van der Waals surface area (Å²) in [7, 11) is 0. The molecule has 0 radical (unpaired) electrons. The lowest BCUT2D eigenvalue weighted by Gasteiger charge is -2.25. The molecule has 1 amide bonds. The standard InChI is InChI=1S/C16H25N3O/c1-12(2)18-11-14-10-13(3)4-5-15(14)19-8-6-16(20)17-7-9-19/h4-5,10,12,18H,6-9,11H2,1-3H3,(H,17,20). The maximum Gasteiger partial charge on any atom is 0.221 e. The third-order valence-corrected chi connectivity index (χ3v) is 3.59. The van der Waals surface area contributed by atoms with E-state index in [4.69, 9.17) is 0 Å². The number of hydrogen-bond acceptors (Lipinski definition) is 3. The monoisotopic (exact) mass is 275 g/mol. The number of amides is 1. The van der Waals surface area contributed by atoms with E-state index in [9.17, 15) is 4.79 Å². The summed E-state index contributed by atoms with van der Waals surface area (Å²) >= 11 is 0. The van der Waals surface area contributed by atoms with E-state index < -0.39 is 0 Å². The number of benzene rings is 1. The van der Waals surface area contributed by atoms with Crippen molar-refractivity contribution in [3.63, 3.8) is 0 Å². The average Bonchev–Trinajstić information content (AvgIpc) is 2.61. The second-order valence-corrected chi connectivity index (χ2v) is 5.75. The van der Waals surface area contributed by atoms with E-state index in [1.54, 1.807) is 0 Å². The first-order valence-corrected chi connectivity index (χ1v) is 7.41. The molecule has 0 aliphatic carbocycles. The summed E-state index contributed by atoms with van der Waals surface area (Å²) in [5.41, 5.74) is 3.84. The van der Waals surface area contributed by atoms with Crippen LogP contribution in [0.3, 0.4) is 0 Å². The summed E-state index contributed by atoms with van der Waals surface area (Å²) in [6, 6.07) is 7.04. The molecule has 0 unspecified atom stereocenters. The molecule has 1 saturated heterocycles. The van der Waals surface area contributed by atoms with Crippen LogP contribution in [0.5, 0.6) is 0 Å². The predicted octanol–water partition coefficient (Wildman–Crippen LogP) is 1.82. The van der Waals surface area contributed by atoms with Gasteiger partial charge in [-0.1, -0.05) is 31.5 Å². The lowest BCUT2D eigenvalue weighted by molar-refractivity contribution is -0.120. The van der Waals surface area contributed by atoms with Crippen molar-refractivity contribution in [3.05, 3.63) is 29.3 Å². The Bertz CT molecular complexity index is 471. The largest absolute Gasteiger partial charge is 0.369 e. The van der Waals surface area contributed by atoms with Gasteiger partial charge in [0.15, 0.2) is 0 Å². The van der Waals surface area contributed by atoms with E-state index in [0.717, 1.165) is 26.2 Å². The normalized spacial score (nSPS) is 16.2. The summed E-state index contributed by atoms with van der Waals surface area (Å²) < 4.78 is 0. The Morgan fingerprint density at radius 1 is 1.35 bits per heavy atom. The van der Waals surface area contributed by atoms with Crippen molar-refractivity contribution in [2.24, 2.45) is 0 Å². The van der Waals surface area contributed by atoms with Crippen molar-refractivity contribution in [3.8, 4) is 0 Å². The molecule has 0 atom stereocenters. The van der Waals surface area contributed by atoms with E-state index in [1.807, 2.05) is 0 Å². The van der Waals surface area contributed by atoms with E-state index >= 15 is 0 Å². The number of carbonyl (C=O) groups excluding carboxylic acids is 1. The van der Waals surface area contributed by atoms with Crippen molar-refractivity contribution in [2.75, 3.05) is 24.5 Å².